The van der Waals surface area contributed by atoms with Crippen LogP contribution in [-0.2, 0) is 17.4 Å². The van der Waals surface area contributed by atoms with Gasteiger partial charge in [0.2, 0.25) is 0 Å². The number of nitrogens with zero attached hydrogens (tertiary/aromatic N) is 1. The Kier molecular flexibility index (Phi) is 7.13. The quantitative estimate of drug-likeness (QED) is 0.467. The highest BCUT2D eigenvalue weighted by Gasteiger charge is 2.42. The summed E-state index contributed by atoms with van der Waals surface area (Å²) in [6.45, 7) is 6.64. The zero-order chi connectivity index (χ0) is 25.5. The molecule has 0 amide bonds. The Hall–Kier alpha value is -2.25. The Morgan fingerprint density at radius 2 is 1.77 bits per heavy atom. The van der Waals surface area contributed by atoms with Crippen LogP contribution < -0.4 is 4.74 Å². The van der Waals surface area contributed by atoms with Crippen LogP contribution in [0.4, 0.5) is 13.2 Å². The fourth-order valence-electron chi connectivity index (χ4n) is 5.31. The molecule has 4 rings (SSSR count). The van der Waals surface area contributed by atoms with Gasteiger partial charge >= 0.3 is 12.1 Å². The molecule has 1 N–H and O–H groups in total. The number of carbonyl (C=O) groups is 1. The largest absolute Gasteiger partial charge is 0.487 e. The minimum Gasteiger partial charge on any atom is -0.487 e. The summed E-state index contributed by atoms with van der Waals surface area (Å²) in [5, 5.41) is 9.67. The molecule has 2 aromatic rings. The predicted molar refractivity (Wildman–Crippen MR) is 129 cm³/mol. The molecule has 0 saturated carbocycles. The second-order valence-electron chi connectivity index (χ2n) is 10.0. The van der Waals surface area contributed by atoms with Crippen LogP contribution in [0.25, 0.3) is 0 Å². The van der Waals surface area contributed by atoms with E-state index in [-0.39, 0.29) is 17.1 Å². The number of carboxylic acids is 1. The second kappa shape index (κ2) is 9.66. The molecular formula is C27H31ClF3NO3. The van der Waals surface area contributed by atoms with Gasteiger partial charge in [-0.15, -0.1) is 0 Å². The molecule has 0 bridgehead atoms. The van der Waals surface area contributed by atoms with E-state index < -0.39 is 29.7 Å². The Morgan fingerprint density at radius 3 is 2.40 bits per heavy atom. The molecule has 4 nitrogen and oxygen atoms in total. The molecule has 2 aromatic carbocycles. The van der Waals surface area contributed by atoms with E-state index in [4.69, 9.17) is 16.3 Å². The number of hydrogen-bond donors (Lipinski definition) is 1. The van der Waals surface area contributed by atoms with E-state index in [9.17, 15) is 23.1 Å². The van der Waals surface area contributed by atoms with Gasteiger partial charge in [-0.3, -0.25) is 9.69 Å². The van der Waals surface area contributed by atoms with Gasteiger partial charge in [0.05, 0.1) is 11.5 Å². The highest BCUT2D eigenvalue weighted by atomic mass is 35.5. The number of aryl methyl sites for hydroxylation is 1. The lowest BCUT2D eigenvalue weighted by atomic mass is 9.81. The van der Waals surface area contributed by atoms with Gasteiger partial charge in [-0.2, -0.15) is 13.2 Å². The smallest absolute Gasteiger partial charge is 0.416 e. The lowest BCUT2D eigenvalue weighted by molar-refractivity contribution is -0.142. The topological polar surface area (TPSA) is 49.8 Å². The standard InChI is InChI=1S/C27H31ClF3NO3/c1-16(17(2)25(33)34)20-5-4-19-8-9-26(35-24(19)14-20)10-12-32(13-11-26)18(3)22-15-21(28)6-7-23(22)27(29,30)31/h4-7,14-18H,8-13H2,1-3H3,(H,33,34)/t16-,17+,18?/m1/s1. The molecule has 0 aliphatic carbocycles. The number of likely N-dealkylation sites (tertiary alicyclic amines) is 1. The maximum Gasteiger partial charge on any atom is 0.416 e. The molecule has 2 aliphatic rings. The van der Waals surface area contributed by atoms with Crippen molar-refractivity contribution < 1.29 is 27.8 Å². The zero-order valence-electron chi connectivity index (χ0n) is 20.2. The summed E-state index contributed by atoms with van der Waals surface area (Å²) >= 11 is 6.05. The van der Waals surface area contributed by atoms with Crippen molar-refractivity contribution in [3.05, 3.63) is 63.7 Å². The summed E-state index contributed by atoms with van der Waals surface area (Å²) < 4.78 is 47.4. The molecule has 0 radical (unpaired) electrons. The SMILES string of the molecule is CC(c1cc(Cl)ccc1C(F)(F)F)N1CCC2(CCc3ccc([C@H](C)[C@H](C)C(=O)O)cc3O2)CC1. The van der Waals surface area contributed by atoms with Crippen LogP contribution in [0.1, 0.15) is 74.2 Å². The molecule has 2 aliphatic heterocycles. The first-order valence-corrected chi connectivity index (χ1v) is 12.4. The number of ether oxygens (including phenoxy) is 1. The molecule has 0 aromatic heterocycles. The van der Waals surface area contributed by atoms with Crippen LogP contribution in [0.3, 0.4) is 0 Å². The number of piperidine rings is 1. The fourth-order valence-corrected chi connectivity index (χ4v) is 5.49. The average Bonchev–Trinajstić information content (AvgIpc) is 2.81. The minimum atomic E-state index is -4.44. The van der Waals surface area contributed by atoms with Crippen molar-refractivity contribution >= 4 is 17.6 Å². The molecule has 1 spiro atoms. The first kappa shape index (κ1) is 25.8. The van der Waals surface area contributed by atoms with Crippen molar-refractivity contribution in [1.82, 2.24) is 4.90 Å². The molecule has 1 unspecified atom stereocenters. The van der Waals surface area contributed by atoms with Gasteiger partial charge in [-0.05, 0) is 79.5 Å². The Balaban J connectivity index is 1.48. The van der Waals surface area contributed by atoms with Crippen LogP contribution in [0.2, 0.25) is 5.02 Å². The lowest BCUT2D eigenvalue weighted by Crippen LogP contribution is -2.50. The Labute approximate surface area is 209 Å². The predicted octanol–water partition coefficient (Wildman–Crippen LogP) is 7.10. The highest BCUT2D eigenvalue weighted by molar-refractivity contribution is 6.30. The van der Waals surface area contributed by atoms with Gasteiger partial charge in [0.1, 0.15) is 11.4 Å². The second-order valence-corrected chi connectivity index (χ2v) is 10.4. The van der Waals surface area contributed by atoms with Crippen LogP contribution >= 0.6 is 11.6 Å². The summed E-state index contributed by atoms with van der Waals surface area (Å²) in [6, 6.07) is 9.32. The third-order valence-electron chi connectivity index (χ3n) is 7.96. The molecule has 1 fully saturated rings. The molecule has 35 heavy (non-hydrogen) atoms. The lowest BCUT2D eigenvalue weighted by Gasteiger charge is -2.46. The van der Waals surface area contributed by atoms with E-state index >= 15 is 0 Å². The number of alkyl halides is 3. The van der Waals surface area contributed by atoms with Crippen LogP contribution in [0, 0.1) is 5.92 Å². The maximum absolute atomic E-state index is 13.6. The van der Waals surface area contributed by atoms with Crippen molar-refractivity contribution in [2.24, 2.45) is 5.92 Å². The Morgan fingerprint density at radius 1 is 1.09 bits per heavy atom. The van der Waals surface area contributed by atoms with Gasteiger partial charge in [-0.1, -0.05) is 37.6 Å². The molecular weight excluding hydrogens is 479 g/mol. The van der Waals surface area contributed by atoms with Crippen LogP contribution in [-0.4, -0.2) is 34.7 Å². The maximum atomic E-state index is 13.6. The average molecular weight is 510 g/mol. The molecule has 8 heteroatoms. The number of fused-ring (bicyclic) bond motifs is 1. The summed E-state index contributed by atoms with van der Waals surface area (Å²) in [7, 11) is 0. The van der Waals surface area contributed by atoms with E-state index in [0.717, 1.165) is 35.8 Å². The number of rotatable bonds is 5. The monoisotopic (exact) mass is 509 g/mol. The van der Waals surface area contributed by atoms with E-state index in [1.807, 2.05) is 25.1 Å². The first-order valence-electron chi connectivity index (χ1n) is 12.1. The van der Waals surface area contributed by atoms with Crippen LogP contribution in [0.15, 0.2) is 36.4 Å². The minimum absolute atomic E-state index is 0.150. The zero-order valence-corrected chi connectivity index (χ0v) is 20.9. The molecule has 190 valence electrons. The number of hydrogen-bond acceptors (Lipinski definition) is 3. The number of carboxylic acid groups (broad SMARTS) is 1. The highest BCUT2D eigenvalue weighted by Crippen LogP contribution is 2.43. The Bertz CT molecular complexity index is 1100. The summed E-state index contributed by atoms with van der Waals surface area (Å²) in [6.07, 6.45) is -1.30. The van der Waals surface area contributed by atoms with E-state index in [1.54, 1.807) is 13.8 Å². The van der Waals surface area contributed by atoms with Crippen molar-refractivity contribution in [3.8, 4) is 5.75 Å². The number of halogens is 4. The van der Waals surface area contributed by atoms with E-state index in [0.29, 0.717) is 31.0 Å². The molecule has 2 heterocycles. The third-order valence-corrected chi connectivity index (χ3v) is 8.19. The molecule has 1 saturated heterocycles. The first-order chi connectivity index (χ1) is 16.4. The molecule has 3 atom stereocenters. The number of benzene rings is 2. The van der Waals surface area contributed by atoms with Crippen molar-refractivity contribution in [3.63, 3.8) is 0 Å². The fraction of sp³-hybridized carbons (Fsp3) is 0.519. The van der Waals surface area contributed by atoms with Crippen molar-refractivity contribution in [1.29, 1.82) is 0 Å². The normalized spacial score (nSPS) is 20.5. The van der Waals surface area contributed by atoms with Gasteiger partial charge in [0.15, 0.2) is 0 Å². The van der Waals surface area contributed by atoms with Crippen molar-refractivity contribution in [2.75, 3.05) is 13.1 Å². The van der Waals surface area contributed by atoms with Gasteiger partial charge in [0, 0.05) is 24.2 Å². The van der Waals surface area contributed by atoms with E-state index in [1.165, 1.54) is 12.1 Å². The van der Waals surface area contributed by atoms with Gasteiger partial charge in [-0.25, -0.2) is 0 Å². The number of aliphatic carboxylic acids is 1. The summed E-state index contributed by atoms with van der Waals surface area (Å²) in [5.41, 5.74) is 1.24. The van der Waals surface area contributed by atoms with Crippen molar-refractivity contribution in [2.45, 2.75) is 70.2 Å². The van der Waals surface area contributed by atoms with E-state index in [2.05, 4.69) is 4.90 Å². The van der Waals surface area contributed by atoms with Gasteiger partial charge < -0.3 is 9.84 Å². The van der Waals surface area contributed by atoms with Gasteiger partial charge in [0.25, 0.3) is 0 Å². The van der Waals surface area contributed by atoms with Crippen LogP contribution in [0.5, 0.6) is 5.75 Å². The summed E-state index contributed by atoms with van der Waals surface area (Å²) in [5.74, 6) is -0.692. The summed E-state index contributed by atoms with van der Waals surface area (Å²) in [4.78, 5) is 13.5. The third kappa shape index (κ3) is 5.31.